The van der Waals surface area contributed by atoms with Gasteiger partial charge >= 0.3 is 0 Å². The van der Waals surface area contributed by atoms with Crippen LogP contribution in [0.4, 0.5) is 11.4 Å². The van der Waals surface area contributed by atoms with Gasteiger partial charge in [0.25, 0.3) is 21.8 Å². The molecule has 0 aliphatic rings. The molecule has 0 bridgehead atoms. The molecule has 2 N–H and O–H groups in total. The minimum absolute atomic E-state index is 0.0741. The highest BCUT2D eigenvalue weighted by Crippen LogP contribution is 2.26. The zero-order chi connectivity index (χ0) is 30.3. The number of aryl methyl sites for hydroxylation is 1. The van der Waals surface area contributed by atoms with Gasteiger partial charge in [-0.3, -0.25) is 13.9 Å². The van der Waals surface area contributed by atoms with Crippen LogP contribution in [0.15, 0.2) is 112 Å². The van der Waals surface area contributed by atoms with Gasteiger partial charge in [0.05, 0.1) is 16.3 Å². The summed E-state index contributed by atoms with van der Waals surface area (Å²) in [7, 11) is -4.05. The number of halogens is 1. The third-order valence-electron chi connectivity index (χ3n) is 6.23. The summed E-state index contributed by atoms with van der Waals surface area (Å²) in [6.07, 6.45) is 1.91. The Kier molecular flexibility index (Phi) is 10.1. The zero-order valence-corrected chi connectivity index (χ0v) is 25.6. The van der Waals surface area contributed by atoms with Crippen LogP contribution in [0.1, 0.15) is 28.4 Å². The largest absolute Gasteiger partial charge is 0.322 e. The predicted molar refractivity (Wildman–Crippen MR) is 170 cm³/mol. The van der Waals surface area contributed by atoms with Gasteiger partial charge in [0, 0.05) is 21.2 Å². The van der Waals surface area contributed by atoms with E-state index < -0.39 is 22.5 Å². The summed E-state index contributed by atoms with van der Waals surface area (Å²) in [5.41, 5.74) is 5.83. The number of benzene rings is 4. The van der Waals surface area contributed by atoms with Gasteiger partial charge in [-0.15, -0.1) is 11.8 Å². The summed E-state index contributed by atoms with van der Waals surface area (Å²) >= 11 is 7.49. The molecule has 0 saturated carbocycles. The number of carbonyl (C=O) groups excluding carboxylic acids is 2. The molecule has 11 heteroatoms. The second-order valence-corrected chi connectivity index (χ2v) is 12.5. The number of nitrogens with zero attached hydrogens (tertiary/aromatic N) is 2. The molecule has 2 amide bonds. The molecule has 4 aromatic carbocycles. The van der Waals surface area contributed by atoms with E-state index in [0.29, 0.717) is 33.2 Å². The molecular formula is C31H29ClN4O4S2. The Morgan fingerprint density at radius 3 is 2.24 bits per heavy atom. The fourth-order valence-corrected chi connectivity index (χ4v) is 5.95. The van der Waals surface area contributed by atoms with E-state index in [1.165, 1.54) is 23.9 Å². The molecule has 0 aliphatic carbocycles. The van der Waals surface area contributed by atoms with Gasteiger partial charge in [-0.1, -0.05) is 47.5 Å². The Balaban J connectivity index is 1.50. The minimum atomic E-state index is -4.05. The van der Waals surface area contributed by atoms with Gasteiger partial charge in [-0.2, -0.15) is 5.10 Å². The molecule has 0 unspecified atom stereocenters. The Hall–Kier alpha value is -4.12. The van der Waals surface area contributed by atoms with Crippen LogP contribution in [0.25, 0.3) is 0 Å². The van der Waals surface area contributed by atoms with Crippen LogP contribution in [0, 0.1) is 6.92 Å². The Bertz CT molecular complexity index is 1720. The van der Waals surface area contributed by atoms with E-state index in [4.69, 9.17) is 11.6 Å². The second-order valence-electron chi connectivity index (χ2n) is 9.30. The van der Waals surface area contributed by atoms with Crippen LogP contribution >= 0.6 is 23.4 Å². The molecule has 0 aromatic heterocycles. The third-order valence-corrected chi connectivity index (χ3v) is 9.00. The minimum Gasteiger partial charge on any atom is -0.322 e. The van der Waals surface area contributed by atoms with Crippen molar-refractivity contribution < 1.29 is 18.0 Å². The lowest BCUT2D eigenvalue weighted by Crippen LogP contribution is -2.39. The quantitative estimate of drug-likeness (QED) is 0.122. The van der Waals surface area contributed by atoms with Gasteiger partial charge in [0.15, 0.2) is 0 Å². The molecule has 42 heavy (non-hydrogen) atoms. The summed E-state index contributed by atoms with van der Waals surface area (Å²) in [4.78, 5) is 26.6. The molecule has 8 nitrogen and oxygen atoms in total. The van der Waals surface area contributed by atoms with Gasteiger partial charge in [-0.05, 0) is 92.4 Å². The summed E-state index contributed by atoms with van der Waals surface area (Å²) in [5.74, 6) is -0.942. The van der Waals surface area contributed by atoms with Crippen LogP contribution in [0.5, 0.6) is 0 Å². The van der Waals surface area contributed by atoms with E-state index in [-0.39, 0.29) is 10.8 Å². The lowest BCUT2D eigenvalue weighted by atomic mass is 10.1. The normalized spacial score (nSPS) is 11.6. The first-order valence-electron chi connectivity index (χ1n) is 12.8. The molecule has 4 rings (SSSR count). The van der Waals surface area contributed by atoms with Gasteiger partial charge in [0.2, 0.25) is 0 Å². The summed E-state index contributed by atoms with van der Waals surface area (Å²) in [5, 5.41) is 7.46. The molecular weight excluding hydrogens is 592 g/mol. The van der Waals surface area contributed by atoms with Crippen molar-refractivity contribution in [1.29, 1.82) is 0 Å². The predicted octanol–water partition coefficient (Wildman–Crippen LogP) is 6.36. The molecule has 0 fully saturated rings. The topological polar surface area (TPSA) is 108 Å². The van der Waals surface area contributed by atoms with E-state index in [9.17, 15) is 18.0 Å². The average molecular weight is 621 g/mol. The van der Waals surface area contributed by atoms with Crippen molar-refractivity contribution in [1.82, 2.24) is 5.43 Å². The Labute approximate surface area is 254 Å². The van der Waals surface area contributed by atoms with Crippen LogP contribution in [-0.4, -0.2) is 38.7 Å². The van der Waals surface area contributed by atoms with Crippen molar-refractivity contribution in [3.05, 3.63) is 119 Å². The van der Waals surface area contributed by atoms with Crippen molar-refractivity contribution in [2.24, 2.45) is 5.10 Å². The van der Waals surface area contributed by atoms with Crippen molar-refractivity contribution in [2.45, 2.75) is 23.6 Å². The highest BCUT2D eigenvalue weighted by Gasteiger charge is 2.27. The molecule has 0 atom stereocenters. The van der Waals surface area contributed by atoms with Crippen molar-refractivity contribution in [2.75, 3.05) is 22.4 Å². The van der Waals surface area contributed by atoms with E-state index in [1.807, 2.05) is 13.2 Å². The van der Waals surface area contributed by atoms with Crippen molar-refractivity contribution in [3.8, 4) is 0 Å². The summed E-state index contributed by atoms with van der Waals surface area (Å²) in [6, 6.07) is 27.0. The number of hydrogen-bond acceptors (Lipinski definition) is 6. The maximum Gasteiger partial charge on any atom is 0.264 e. The van der Waals surface area contributed by atoms with E-state index in [1.54, 1.807) is 91.9 Å². The fourth-order valence-electron chi connectivity index (χ4n) is 3.93. The zero-order valence-electron chi connectivity index (χ0n) is 23.2. The lowest BCUT2D eigenvalue weighted by Gasteiger charge is -2.24. The average Bonchev–Trinajstić information content (AvgIpc) is 2.99. The van der Waals surface area contributed by atoms with Crippen molar-refractivity contribution in [3.63, 3.8) is 0 Å². The maximum atomic E-state index is 13.6. The Morgan fingerprint density at radius 2 is 1.57 bits per heavy atom. The lowest BCUT2D eigenvalue weighted by molar-refractivity contribution is -0.119. The molecule has 4 aromatic rings. The number of sulfonamides is 1. The molecule has 216 valence electrons. The van der Waals surface area contributed by atoms with Crippen LogP contribution < -0.4 is 15.0 Å². The van der Waals surface area contributed by atoms with Gasteiger partial charge in [-0.25, -0.2) is 13.8 Å². The number of hydrogen-bond donors (Lipinski definition) is 2. The monoisotopic (exact) mass is 620 g/mol. The maximum absolute atomic E-state index is 13.6. The third kappa shape index (κ3) is 7.79. The molecule has 0 spiro atoms. The number of anilines is 2. The standard InChI is InChI=1S/C31H29ClN4O4S2/c1-21-10-12-27(13-11-21)36(42(39,40)29-16-14-28(41-3)15-17-29)20-30(37)35-34-22(2)23-6-5-9-26(19-23)33-31(38)24-7-4-8-25(32)18-24/h4-19H,20H2,1-3H3,(H,33,38)(H,35,37)/b34-22-. The van der Waals surface area contributed by atoms with E-state index in [0.717, 1.165) is 14.8 Å². The number of thioether (sulfide) groups is 1. The fraction of sp³-hybridized carbons (Fsp3) is 0.129. The van der Waals surface area contributed by atoms with Gasteiger partial charge in [0.1, 0.15) is 6.54 Å². The van der Waals surface area contributed by atoms with Gasteiger partial charge < -0.3 is 5.32 Å². The number of amides is 2. The van der Waals surface area contributed by atoms with Crippen LogP contribution in [0.2, 0.25) is 5.02 Å². The van der Waals surface area contributed by atoms with Crippen LogP contribution in [-0.2, 0) is 14.8 Å². The van der Waals surface area contributed by atoms with Crippen LogP contribution in [0.3, 0.4) is 0 Å². The highest BCUT2D eigenvalue weighted by atomic mass is 35.5. The molecule has 0 heterocycles. The number of rotatable bonds is 10. The van der Waals surface area contributed by atoms with E-state index >= 15 is 0 Å². The second kappa shape index (κ2) is 13.7. The number of hydrazone groups is 1. The number of nitrogens with one attached hydrogen (secondary N) is 2. The summed E-state index contributed by atoms with van der Waals surface area (Å²) < 4.78 is 28.3. The molecule has 0 aliphatic heterocycles. The Morgan fingerprint density at radius 1 is 0.905 bits per heavy atom. The number of carbonyl (C=O) groups is 2. The molecule has 0 saturated heterocycles. The molecule has 0 radical (unpaired) electrons. The van der Waals surface area contributed by atoms with Crippen molar-refractivity contribution >= 4 is 62.3 Å². The van der Waals surface area contributed by atoms with E-state index in [2.05, 4.69) is 15.8 Å². The first kappa shape index (κ1) is 30.8. The first-order valence-corrected chi connectivity index (χ1v) is 15.8. The smallest absolute Gasteiger partial charge is 0.264 e. The SMILES string of the molecule is CSc1ccc(S(=O)(=O)N(CC(=O)N/N=C(/C)c2cccc(NC(=O)c3cccc(Cl)c3)c2)c2ccc(C)cc2)cc1. The first-order chi connectivity index (χ1) is 20.1. The highest BCUT2D eigenvalue weighted by molar-refractivity contribution is 7.98. The summed E-state index contributed by atoms with van der Waals surface area (Å²) in [6.45, 7) is 3.10.